The van der Waals surface area contributed by atoms with E-state index in [1.807, 2.05) is 7.05 Å². The summed E-state index contributed by atoms with van der Waals surface area (Å²) in [6, 6.07) is 4.84. The molecule has 0 aliphatic heterocycles. The number of allylic oxidation sites excluding steroid dienone is 1. The molecule has 0 fully saturated rings. The molecule has 0 heterocycles. The van der Waals surface area contributed by atoms with Crippen molar-refractivity contribution in [3.63, 3.8) is 0 Å². The van der Waals surface area contributed by atoms with Crippen LogP contribution < -0.4 is 5.32 Å². The molecule has 88 valence electrons. The molecule has 0 saturated carbocycles. The van der Waals surface area contributed by atoms with Gasteiger partial charge in [0.1, 0.15) is 0 Å². The van der Waals surface area contributed by atoms with Crippen molar-refractivity contribution in [3.8, 4) is 0 Å². The Hall–Kier alpha value is -1.08. The fourth-order valence-corrected chi connectivity index (χ4v) is 2.33. The molecule has 1 unspecified atom stereocenters. The van der Waals surface area contributed by atoms with Crippen molar-refractivity contribution in [1.29, 1.82) is 0 Å². The van der Waals surface area contributed by atoms with E-state index in [1.165, 1.54) is 27.8 Å². The predicted octanol–water partition coefficient (Wildman–Crippen LogP) is 3.84. The number of rotatable bonds is 3. The van der Waals surface area contributed by atoms with Crippen LogP contribution in [0.3, 0.4) is 0 Å². The van der Waals surface area contributed by atoms with Crippen molar-refractivity contribution in [2.45, 2.75) is 40.7 Å². The molecule has 0 aliphatic rings. The highest BCUT2D eigenvalue weighted by Gasteiger charge is 2.12. The molecule has 1 nitrogen and oxygen atoms in total. The van der Waals surface area contributed by atoms with Crippen molar-refractivity contribution in [2.24, 2.45) is 0 Å². The molecule has 0 saturated heterocycles. The van der Waals surface area contributed by atoms with Crippen LogP contribution in [0.5, 0.6) is 0 Å². The van der Waals surface area contributed by atoms with Gasteiger partial charge < -0.3 is 5.32 Å². The Bertz CT molecular complexity index is 375. The van der Waals surface area contributed by atoms with Crippen molar-refractivity contribution in [1.82, 2.24) is 5.32 Å². The first kappa shape index (κ1) is 13.0. The molecule has 0 amide bonds. The van der Waals surface area contributed by atoms with Crippen LogP contribution >= 0.6 is 0 Å². The summed E-state index contributed by atoms with van der Waals surface area (Å²) in [5.74, 6) is 0. The molecule has 1 rings (SSSR count). The van der Waals surface area contributed by atoms with Gasteiger partial charge in [-0.15, -0.1) is 0 Å². The highest BCUT2D eigenvalue weighted by atomic mass is 14.9. The summed E-state index contributed by atoms with van der Waals surface area (Å²) in [5, 5.41) is 3.37. The van der Waals surface area contributed by atoms with Crippen molar-refractivity contribution in [3.05, 3.63) is 46.0 Å². The molecule has 1 N–H and O–H groups in total. The highest BCUT2D eigenvalue weighted by molar-refractivity contribution is 5.41. The zero-order chi connectivity index (χ0) is 12.3. The van der Waals surface area contributed by atoms with Gasteiger partial charge in [-0.25, -0.2) is 0 Å². The van der Waals surface area contributed by atoms with Crippen LogP contribution in [-0.4, -0.2) is 7.05 Å². The van der Waals surface area contributed by atoms with E-state index in [1.54, 1.807) is 0 Å². The van der Waals surface area contributed by atoms with Crippen LogP contribution in [0.2, 0.25) is 0 Å². The van der Waals surface area contributed by atoms with Gasteiger partial charge >= 0.3 is 0 Å². The number of hydrogen-bond donors (Lipinski definition) is 1. The summed E-state index contributed by atoms with van der Waals surface area (Å²) in [7, 11) is 2.02. The number of nitrogens with one attached hydrogen (secondary N) is 1. The largest absolute Gasteiger partial charge is 0.310 e. The normalized spacial score (nSPS) is 12.4. The average molecular weight is 217 g/mol. The van der Waals surface area contributed by atoms with Crippen molar-refractivity contribution < 1.29 is 0 Å². The van der Waals surface area contributed by atoms with E-state index < -0.39 is 0 Å². The van der Waals surface area contributed by atoms with E-state index in [0.717, 1.165) is 0 Å². The molecule has 0 spiro atoms. The Balaban J connectivity index is 3.25. The summed E-state index contributed by atoms with van der Waals surface area (Å²) < 4.78 is 0. The van der Waals surface area contributed by atoms with Crippen molar-refractivity contribution in [2.75, 3.05) is 7.05 Å². The smallest absolute Gasteiger partial charge is 0.0511 e. The van der Waals surface area contributed by atoms with Gasteiger partial charge in [0, 0.05) is 0 Å². The summed E-state index contributed by atoms with van der Waals surface area (Å²) in [4.78, 5) is 0. The second-order valence-corrected chi connectivity index (χ2v) is 4.82. The van der Waals surface area contributed by atoms with Crippen LogP contribution in [-0.2, 0) is 0 Å². The molecule has 0 radical (unpaired) electrons. The molecular formula is C15H23N. The molecular weight excluding hydrogens is 194 g/mol. The molecule has 16 heavy (non-hydrogen) atoms. The lowest BCUT2D eigenvalue weighted by Gasteiger charge is -2.19. The Labute approximate surface area is 99.6 Å². The molecule has 1 atom stereocenters. The van der Waals surface area contributed by atoms with Gasteiger partial charge in [0.25, 0.3) is 0 Å². The molecule has 0 aliphatic carbocycles. The summed E-state index contributed by atoms with van der Waals surface area (Å²) in [5.41, 5.74) is 6.84. The quantitative estimate of drug-likeness (QED) is 0.759. The van der Waals surface area contributed by atoms with E-state index in [-0.39, 0.29) is 0 Å². The van der Waals surface area contributed by atoms with Crippen LogP contribution in [0, 0.1) is 20.8 Å². The average Bonchev–Trinajstić information content (AvgIpc) is 2.13. The SMILES string of the molecule is CNC(C=C(C)C)c1c(C)cc(C)cc1C. The van der Waals surface area contributed by atoms with Gasteiger partial charge in [0.05, 0.1) is 6.04 Å². The Morgan fingerprint density at radius 1 is 1.12 bits per heavy atom. The summed E-state index contributed by atoms with van der Waals surface area (Å²) in [6.45, 7) is 10.8. The molecule has 1 heteroatoms. The van der Waals surface area contributed by atoms with Gasteiger partial charge in [-0.3, -0.25) is 0 Å². The maximum atomic E-state index is 3.37. The second kappa shape index (κ2) is 5.31. The minimum Gasteiger partial charge on any atom is -0.310 e. The van der Waals surface area contributed by atoms with Crippen LogP contribution in [0.15, 0.2) is 23.8 Å². The van der Waals surface area contributed by atoms with Crippen LogP contribution in [0.1, 0.15) is 42.1 Å². The Morgan fingerprint density at radius 2 is 1.62 bits per heavy atom. The number of benzene rings is 1. The summed E-state index contributed by atoms with van der Waals surface area (Å²) in [6.07, 6.45) is 2.28. The highest BCUT2D eigenvalue weighted by Crippen LogP contribution is 2.25. The maximum absolute atomic E-state index is 3.37. The zero-order valence-electron chi connectivity index (χ0n) is 11.3. The molecule has 1 aromatic rings. The minimum absolute atomic E-state index is 0.325. The molecule has 0 bridgehead atoms. The fraction of sp³-hybridized carbons (Fsp3) is 0.467. The van der Waals surface area contributed by atoms with E-state index in [0.29, 0.717) is 6.04 Å². The summed E-state index contributed by atoms with van der Waals surface area (Å²) >= 11 is 0. The number of aryl methyl sites for hydroxylation is 3. The minimum atomic E-state index is 0.325. The molecule has 0 aromatic heterocycles. The first-order valence-electron chi connectivity index (χ1n) is 5.85. The lowest BCUT2D eigenvalue weighted by Crippen LogP contribution is -2.17. The van der Waals surface area contributed by atoms with Gasteiger partial charge in [-0.05, 0) is 58.4 Å². The standard InChI is InChI=1S/C15H23N/c1-10(2)7-14(16-6)15-12(4)8-11(3)9-13(15)5/h7-9,14,16H,1-6H3. The van der Waals surface area contributed by atoms with Gasteiger partial charge in [0.15, 0.2) is 0 Å². The lowest BCUT2D eigenvalue weighted by molar-refractivity contribution is 0.700. The third-order valence-corrected chi connectivity index (χ3v) is 2.86. The second-order valence-electron chi connectivity index (χ2n) is 4.82. The van der Waals surface area contributed by atoms with E-state index >= 15 is 0 Å². The number of hydrogen-bond acceptors (Lipinski definition) is 1. The first-order valence-corrected chi connectivity index (χ1v) is 5.85. The van der Waals surface area contributed by atoms with E-state index in [9.17, 15) is 0 Å². The Kier molecular flexibility index (Phi) is 4.31. The topological polar surface area (TPSA) is 12.0 Å². The van der Waals surface area contributed by atoms with E-state index in [4.69, 9.17) is 0 Å². The van der Waals surface area contributed by atoms with Gasteiger partial charge in [-0.1, -0.05) is 29.3 Å². The van der Waals surface area contributed by atoms with Gasteiger partial charge in [-0.2, -0.15) is 0 Å². The monoisotopic (exact) mass is 217 g/mol. The maximum Gasteiger partial charge on any atom is 0.0511 e. The Morgan fingerprint density at radius 3 is 2.00 bits per heavy atom. The molecule has 1 aromatic carbocycles. The van der Waals surface area contributed by atoms with Crippen LogP contribution in [0.4, 0.5) is 0 Å². The third kappa shape index (κ3) is 2.96. The van der Waals surface area contributed by atoms with Crippen molar-refractivity contribution >= 4 is 0 Å². The first-order chi connectivity index (χ1) is 7.45. The number of likely N-dealkylation sites (N-methyl/N-ethyl adjacent to an activating group) is 1. The van der Waals surface area contributed by atoms with Crippen LogP contribution in [0.25, 0.3) is 0 Å². The predicted molar refractivity (Wildman–Crippen MR) is 71.9 cm³/mol. The third-order valence-electron chi connectivity index (χ3n) is 2.86. The zero-order valence-corrected chi connectivity index (χ0v) is 11.3. The van der Waals surface area contributed by atoms with E-state index in [2.05, 4.69) is 58.1 Å². The van der Waals surface area contributed by atoms with Gasteiger partial charge in [0.2, 0.25) is 0 Å². The lowest BCUT2D eigenvalue weighted by atomic mass is 9.93. The fourth-order valence-electron chi connectivity index (χ4n) is 2.33.